The van der Waals surface area contributed by atoms with Crippen molar-refractivity contribution in [3.8, 4) is 0 Å². The van der Waals surface area contributed by atoms with Gasteiger partial charge < -0.3 is 11.1 Å². The van der Waals surface area contributed by atoms with E-state index < -0.39 is 0 Å². The molecule has 0 atom stereocenters. The minimum atomic E-state index is 0.843. The van der Waals surface area contributed by atoms with Gasteiger partial charge in [0.2, 0.25) is 0 Å². The molecule has 0 saturated carbocycles. The van der Waals surface area contributed by atoms with Gasteiger partial charge in [-0.15, -0.1) is 0 Å². The van der Waals surface area contributed by atoms with Gasteiger partial charge >= 0.3 is 0 Å². The van der Waals surface area contributed by atoms with Crippen molar-refractivity contribution in [2.24, 2.45) is 5.73 Å². The van der Waals surface area contributed by atoms with Gasteiger partial charge in [0.05, 0.1) is 0 Å². The third-order valence-electron chi connectivity index (χ3n) is 2.73. The summed E-state index contributed by atoms with van der Waals surface area (Å²) in [6, 6.07) is 10.4. The molecule has 1 aromatic carbocycles. The van der Waals surface area contributed by atoms with Crippen LogP contribution >= 0.6 is 0 Å². The first-order valence-corrected chi connectivity index (χ1v) is 6.42. The zero-order valence-corrected chi connectivity index (χ0v) is 10.1. The Balaban J connectivity index is 1.89. The Morgan fingerprint density at radius 2 is 1.44 bits per heavy atom. The molecule has 0 unspecified atom stereocenters. The van der Waals surface area contributed by atoms with E-state index in [9.17, 15) is 0 Å². The van der Waals surface area contributed by atoms with Gasteiger partial charge in [0.15, 0.2) is 0 Å². The zero-order chi connectivity index (χ0) is 11.5. The molecule has 1 rings (SSSR count). The predicted octanol–water partition coefficient (Wildman–Crippen LogP) is 3.40. The van der Waals surface area contributed by atoms with E-state index in [2.05, 4.69) is 29.6 Å². The summed E-state index contributed by atoms with van der Waals surface area (Å²) < 4.78 is 0. The quantitative estimate of drug-likeness (QED) is 0.626. The Morgan fingerprint density at radius 1 is 0.812 bits per heavy atom. The fraction of sp³-hybridized carbons (Fsp3) is 0.571. The number of nitrogens with one attached hydrogen (secondary N) is 1. The van der Waals surface area contributed by atoms with Crippen LogP contribution in [0, 0.1) is 0 Å². The number of para-hydroxylation sites is 1. The van der Waals surface area contributed by atoms with Crippen molar-refractivity contribution in [2.45, 2.75) is 38.5 Å². The van der Waals surface area contributed by atoms with Crippen molar-refractivity contribution in [1.29, 1.82) is 0 Å². The predicted molar refractivity (Wildman–Crippen MR) is 71.7 cm³/mol. The van der Waals surface area contributed by atoms with E-state index in [0.29, 0.717) is 0 Å². The molecule has 0 heterocycles. The van der Waals surface area contributed by atoms with Crippen molar-refractivity contribution >= 4 is 5.69 Å². The maximum atomic E-state index is 5.45. The van der Waals surface area contributed by atoms with Gasteiger partial charge in [0.25, 0.3) is 0 Å². The summed E-state index contributed by atoms with van der Waals surface area (Å²) in [4.78, 5) is 0. The van der Waals surface area contributed by atoms with E-state index in [1.165, 1.54) is 44.2 Å². The standard InChI is InChI=1S/C14H24N2/c15-12-8-3-1-2-4-9-13-16-14-10-6-5-7-11-14/h5-7,10-11,16H,1-4,8-9,12-13,15H2. The van der Waals surface area contributed by atoms with E-state index >= 15 is 0 Å². The van der Waals surface area contributed by atoms with Gasteiger partial charge in [0, 0.05) is 12.2 Å². The average Bonchev–Trinajstić information content (AvgIpc) is 2.34. The molecule has 0 amide bonds. The lowest BCUT2D eigenvalue weighted by molar-refractivity contribution is 0.605. The largest absolute Gasteiger partial charge is 0.385 e. The second-order valence-corrected chi connectivity index (χ2v) is 4.20. The Bertz CT molecular complexity index is 246. The highest BCUT2D eigenvalue weighted by atomic mass is 14.9. The van der Waals surface area contributed by atoms with Crippen LogP contribution in [0.3, 0.4) is 0 Å². The first-order valence-electron chi connectivity index (χ1n) is 6.42. The average molecular weight is 220 g/mol. The van der Waals surface area contributed by atoms with Gasteiger partial charge in [-0.2, -0.15) is 0 Å². The van der Waals surface area contributed by atoms with Crippen molar-refractivity contribution < 1.29 is 0 Å². The molecule has 0 aromatic heterocycles. The number of nitrogens with two attached hydrogens (primary N) is 1. The van der Waals surface area contributed by atoms with E-state index in [1.54, 1.807) is 0 Å². The lowest BCUT2D eigenvalue weighted by Crippen LogP contribution is -2.01. The van der Waals surface area contributed by atoms with Crippen LogP contribution in [0.4, 0.5) is 5.69 Å². The summed E-state index contributed by atoms with van der Waals surface area (Å²) in [5.41, 5.74) is 6.67. The third-order valence-corrected chi connectivity index (χ3v) is 2.73. The Kier molecular flexibility index (Phi) is 7.52. The van der Waals surface area contributed by atoms with Gasteiger partial charge in [-0.1, -0.05) is 43.9 Å². The molecule has 0 bridgehead atoms. The van der Waals surface area contributed by atoms with Crippen molar-refractivity contribution in [1.82, 2.24) is 0 Å². The third kappa shape index (κ3) is 6.46. The van der Waals surface area contributed by atoms with Crippen LogP contribution in [-0.4, -0.2) is 13.1 Å². The normalized spacial score (nSPS) is 10.3. The molecule has 2 nitrogen and oxygen atoms in total. The highest BCUT2D eigenvalue weighted by molar-refractivity contribution is 5.42. The molecule has 0 spiro atoms. The molecule has 0 saturated heterocycles. The summed E-state index contributed by atoms with van der Waals surface area (Å²) in [5, 5.41) is 3.43. The Labute approximate surface area is 99.2 Å². The lowest BCUT2D eigenvalue weighted by atomic mass is 10.1. The van der Waals surface area contributed by atoms with Crippen LogP contribution in [0.5, 0.6) is 0 Å². The Hall–Kier alpha value is -1.02. The summed E-state index contributed by atoms with van der Waals surface area (Å²) >= 11 is 0. The molecule has 1 aromatic rings. The SMILES string of the molecule is NCCCCCCCCNc1ccccc1. The molecule has 0 aliphatic rings. The highest BCUT2D eigenvalue weighted by Crippen LogP contribution is 2.07. The number of hydrogen-bond acceptors (Lipinski definition) is 2. The van der Waals surface area contributed by atoms with Crippen LogP contribution < -0.4 is 11.1 Å². The summed E-state index contributed by atoms with van der Waals surface area (Å²) in [6.45, 7) is 1.93. The van der Waals surface area contributed by atoms with E-state index in [0.717, 1.165) is 13.1 Å². The van der Waals surface area contributed by atoms with Gasteiger partial charge in [0.1, 0.15) is 0 Å². The summed E-state index contributed by atoms with van der Waals surface area (Å²) in [7, 11) is 0. The first-order chi connectivity index (χ1) is 7.93. The van der Waals surface area contributed by atoms with Crippen LogP contribution in [0.2, 0.25) is 0 Å². The maximum Gasteiger partial charge on any atom is 0.0340 e. The van der Waals surface area contributed by atoms with Gasteiger partial charge in [-0.3, -0.25) is 0 Å². The minimum Gasteiger partial charge on any atom is -0.385 e. The number of benzene rings is 1. The van der Waals surface area contributed by atoms with Gasteiger partial charge in [-0.25, -0.2) is 0 Å². The fourth-order valence-corrected chi connectivity index (χ4v) is 1.77. The number of anilines is 1. The number of hydrogen-bond donors (Lipinski definition) is 2. The molecule has 0 fully saturated rings. The van der Waals surface area contributed by atoms with Crippen LogP contribution in [0.1, 0.15) is 38.5 Å². The molecular formula is C14H24N2. The molecule has 3 N–H and O–H groups in total. The van der Waals surface area contributed by atoms with Crippen LogP contribution in [-0.2, 0) is 0 Å². The monoisotopic (exact) mass is 220 g/mol. The lowest BCUT2D eigenvalue weighted by Gasteiger charge is -2.05. The number of unbranched alkanes of at least 4 members (excludes halogenated alkanes) is 5. The van der Waals surface area contributed by atoms with E-state index in [-0.39, 0.29) is 0 Å². The maximum absolute atomic E-state index is 5.45. The summed E-state index contributed by atoms with van der Waals surface area (Å²) in [6.07, 6.45) is 7.74. The summed E-state index contributed by atoms with van der Waals surface area (Å²) in [5.74, 6) is 0. The fourth-order valence-electron chi connectivity index (χ4n) is 1.77. The van der Waals surface area contributed by atoms with E-state index in [4.69, 9.17) is 5.73 Å². The second kappa shape index (κ2) is 9.22. The van der Waals surface area contributed by atoms with E-state index in [1.807, 2.05) is 6.07 Å². The topological polar surface area (TPSA) is 38.0 Å². The molecule has 0 aliphatic carbocycles. The first kappa shape index (κ1) is 13.0. The molecule has 90 valence electrons. The molecule has 0 aliphatic heterocycles. The van der Waals surface area contributed by atoms with Crippen molar-refractivity contribution in [2.75, 3.05) is 18.4 Å². The zero-order valence-electron chi connectivity index (χ0n) is 10.1. The smallest absolute Gasteiger partial charge is 0.0340 e. The van der Waals surface area contributed by atoms with Crippen LogP contribution in [0.15, 0.2) is 30.3 Å². The molecule has 16 heavy (non-hydrogen) atoms. The molecule has 2 heteroatoms. The van der Waals surface area contributed by atoms with Gasteiger partial charge in [-0.05, 0) is 31.5 Å². The van der Waals surface area contributed by atoms with Crippen LogP contribution in [0.25, 0.3) is 0 Å². The number of rotatable bonds is 9. The highest BCUT2D eigenvalue weighted by Gasteiger charge is 1.91. The van der Waals surface area contributed by atoms with Crippen molar-refractivity contribution in [3.63, 3.8) is 0 Å². The molecular weight excluding hydrogens is 196 g/mol. The Morgan fingerprint density at radius 3 is 2.12 bits per heavy atom. The minimum absolute atomic E-state index is 0.843. The van der Waals surface area contributed by atoms with Crippen molar-refractivity contribution in [3.05, 3.63) is 30.3 Å². The second-order valence-electron chi connectivity index (χ2n) is 4.20. The molecule has 0 radical (unpaired) electrons.